The minimum absolute atomic E-state index is 0.242. The molecular formula is C13H20FNO3. The van der Waals surface area contributed by atoms with Gasteiger partial charge in [-0.3, -0.25) is 0 Å². The van der Waals surface area contributed by atoms with Gasteiger partial charge in [-0.05, 0) is 19.1 Å². The Kier molecular flexibility index (Phi) is 5.53. The maximum Gasteiger partial charge on any atom is 0.132 e. The van der Waals surface area contributed by atoms with Crippen molar-refractivity contribution in [2.75, 3.05) is 34.0 Å². The molecule has 0 aliphatic carbocycles. The van der Waals surface area contributed by atoms with Crippen LogP contribution in [0.15, 0.2) is 18.2 Å². The van der Waals surface area contributed by atoms with E-state index in [0.717, 1.165) is 0 Å². The van der Waals surface area contributed by atoms with Gasteiger partial charge in [-0.15, -0.1) is 0 Å². The van der Waals surface area contributed by atoms with Gasteiger partial charge in [0.25, 0.3) is 0 Å². The summed E-state index contributed by atoms with van der Waals surface area (Å²) in [5.74, 6) is 0.00674. The number of nitrogens with one attached hydrogen (secondary N) is 1. The molecule has 0 aliphatic heterocycles. The molecule has 0 saturated heterocycles. The van der Waals surface area contributed by atoms with Gasteiger partial charge in [0.2, 0.25) is 0 Å². The summed E-state index contributed by atoms with van der Waals surface area (Å²) in [6, 6.07) is 4.60. The molecule has 102 valence electrons. The molecule has 0 heterocycles. The first-order chi connectivity index (χ1) is 8.59. The summed E-state index contributed by atoms with van der Waals surface area (Å²) in [6.45, 7) is 2.47. The SMILES string of the molecule is COCCNC(C)(CO)c1c(F)cccc1OC. The number of hydrogen-bond donors (Lipinski definition) is 2. The first-order valence-electron chi connectivity index (χ1n) is 5.77. The first kappa shape index (κ1) is 14.9. The highest BCUT2D eigenvalue weighted by atomic mass is 19.1. The van der Waals surface area contributed by atoms with Crippen LogP contribution in [0.2, 0.25) is 0 Å². The van der Waals surface area contributed by atoms with Crippen LogP contribution in [0.1, 0.15) is 12.5 Å². The average Bonchev–Trinajstić information content (AvgIpc) is 2.38. The molecule has 0 aromatic heterocycles. The zero-order valence-corrected chi connectivity index (χ0v) is 11.0. The minimum Gasteiger partial charge on any atom is -0.496 e. The highest BCUT2D eigenvalue weighted by Crippen LogP contribution is 2.31. The van der Waals surface area contributed by atoms with Crippen molar-refractivity contribution in [2.45, 2.75) is 12.5 Å². The number of hydrogen-bond acceptors (Lipinski definition) is 4. The largest absolute Gasteiger partial charge is 0.496 e. The fourth-order valence-corrected chi connectivity index (χ4v) is 1.86. The number of aliphatic hydroxyl groups excluding tert-OH is 1. The molecule has 18 heavy (non-hydrogen) atoms. The highest BCUT2D eigenvalue weighted by molar-refractivity contribution is 5.40. The Bertz CT molecular complexity index is 386. The number of aliphatic hydroxyl groups is 1. The van der Waals surface area contributed by atoms with Crippen molar-refractivity contribution >= 4 is 0 Å². The molecule has 4 nitrogen and oxygen atoms in total. The lowest BCUT2D eigenvalue weighted by molar-refractivity contribution is 0.143. The normalized spacial score (nSPS) is 14.3. The van der Waals surface area contributed by atoms with E-state index in [0.29, 0.717) is 24.5 Å². The fourth-order valence-electron chi connectivity index (χ4n) is 1.86. The van der Waals surface area contributed by atoms with E-state index in [9.17, 15) is 9.50 Å². The zero-order chi connectivity index (χ0) is 13.6. The first-order valence-corrected chi connectivity index (χ1v) is 5.77. The van der Waals surface area contributed by atoms with Crippen molar-refractivity contribution in [2.24, 2.45) is 0 Å². The molecule has 0 fully saturated rings. The van der Waals surface area contributed by atoms with Crippen molar-refractivity contribution in [1.29, 1.82) is 0 Å². The molecule has 0 spiro atoms. The summed E-state index contributed by atoms with van der Waals surface area (Å²) in [5, 5.41) is 12.6. The Labute approximate surface area is 107 Å². The van der Waals surface area contributed by atoms with Crippen LogP contribution in [0.4, 0.5) is 4.39 Å². The Morgan fingerprint density at radius 2 is 2.11 bits per heavy atom. The van der Waals surface area contributed by atoms with Crippen LogP contribution < -0.4 is 10.1 Å². The molecule has 1 aromatic carbocycles. The molecule has 0 saturated carbocycles. The lowest BCUT2D eigenvalue weighted by atomic mass is 9.91. The van der Waals surface area contributed by atoms with E-state index in [1.165, 1.54) is 13.2 Å². The summed E-state index contributed by atoms with van der Waals surface area (Å²) in [4.78, 5) is 0. The predicted molar refractivity (Wildman–Crippen MR) is 67.3 cm³/mol. The molecule has 5 heteroatoms. The monoisotopic (exact) mass is 257 g/mol. The molecule has 0 radical (unpaired) electrons. The van der Waals surface area contributed by atoms with E-state index in [4.69, 9.17) is 9.47 Å². The number of benzene rings is 1. The predicted octanol–water partition coefficient (Wildman–Crippen LogP) is 1.28. The summed E-state index contributed by atoms with van der Waals surface area (Å²) in [7, 11) is 3.06. The van der Waals surface area contributed by atoms with Gasteiger partial charge < -0.3 is 19.9 Å². The van der Waals surface area contributed by atoms with Crippen LogP contribution in [0.25, 0.3) is 0 Å². The minimum atomic E-state index is -0.908. The van der Waals surface area contributed by atoms with Crippen molar-refractivity contribution in [3.63, 3.8) is 0 Å². The Morgan fingerprint density at radius 1 is 1.39 bits per heavy atom. The van der Waals surface area contributed by atoms with E-state index in [1.54, 1.807) is 26.2 Å². The zero-order valence-electron chi connectivity index (χ0n) is 11.0. The molecule has 1 rings (SSSR count). The Balaban J connectivity index is 3.06. The van der Waals surface area contributed by atoms with E-state index < -0.39 is 11.4 Å². The smallest absolute Gasteiger partial charge is 0.132 e. The second-order valence-corrected chi connectivity index (χ2v) is 4.23. The van der Waals surface area contributed by atoms with Gasteiger partial charge in [0, 0.05) is 13.7 Å². The summed E-state index contributed by atoms with van der Waals surface area (Å²) < 4.78 is 24.1. The van der Waals surface area contributed by atoms with Crippen molar-refractivity contribution in [3.05, 3.63) is 29.6 Å². The maximum atomic E-state index is 14.0. The maximum absolute atomic E-state index is 14.0. The lowest BCUT2D eigenvalue weighted by Gasteiger charge is -2.31. The van der Waals surface area contributed by atoms with E-state index >= 15 is 0 Å². The Morgan fingerprint density at radius 3 is 2.67 bits per heavy atom. The standard InChI is InChI=1S/C13H20FNO3/c1-13(9-16,15-7-8-17-2)12-10(14)5-4-6-11(12)18-3/h4-6,15-16H,7-9H2,1-3H3. The summed E-state index contributed by atoms with van der Waals surface area (Å²) in [6.07, 6.45) is 0. The topological polar surface area (TPSA) is 50.7 Å². The molecule has 0 amide bonds. The van der Waals surface area contributed by atoms with Crippen LogP contribution in [0, 0.1) is 5.82 Å². The van der Waals surface area contributed by atoms with Crippen molar-refractivity contribution in [3.8, 4) is 5.75 Å². The fraction of sp³-hybridized carbons (Fsp3) is 0.538. The van der Waals surface area contributed by atoms with Crippen molar-refractivity contribution < 1.29 is 19.0 Å². The van der Waals surface area contributed by atoms with Crippen LogP contribution >= 0.6 is 0 Å². The van der Waals surface area contributed by atoms with Gasteiger partial charge >= 0.3 is 0 Å². The van der Waals surface area contributed by atoms with Gasteiger partial charge in [0.1, 0.15) is 11.6 Å². The van der Waals surface area contributed by atoms with E-state index in [2.05, 4.69) is 5.32 Å². The molecule has 1 atom stereocenters. The highest BCUT2D eigenvalue weighted by Gasteiger charge is 2.31. The number of methoxy groups -OCH3 is 2. The van der Waals surface area contributed by atoms with Crippen LogP contribution in [0.3, 0.4) is 0 Å². The molecule has 0 bridgehead atoms. The third-order valence-corrected chi connectivity index (χ3v) is 2.88. The third-order valence-electron chi connectivity index (χ3n) is 2.88. The number of halogens is 1. The van der Waals surface area contributed by atoms with E-state index in [-0.39, 0.29) is 6.61 Å². The lowest BCUT2D eigenvalue weighted by Crippen LogP contribution is -2.45. The molecular weight excluding hydrogens is 237 g/mol. The summed E-state index contributed by atoms with van der Waals surface area (Å²) >= 11 is 0. The van der Waals surface area contributed by atoms with Crippen molar-refractivity contribution in [1.82, 2.24) is 5.32 Å². The summed E-state index contributed by atoms with van der Waals surface area (Å²) in [5.41, 5.74) is -0.582. The van der Waals surface area contributed by atoms with Crippen LogP contribution in [-0.4, -0.2) is 39.1 Å². The molecule has 1 aromatic rings. The van der Waals surface area contributed by atoms with Crippen LogP contribution in [-0.2, 0) is 10.3 Å². The molecule has 2 N–H and O–H groups in total. The van der Waals surface area contributed by atoms with Gasteiger partial charge in [-0.25, -0.2) is 4.39 Å². The van der Waals surface area contributed by atoms with Crippen LogP contribution in [0.5, 0.6) is 5.75 Å². The molecule has 0 aliphatic rings. The van der Waals surface area contributed by atoms with Gasteiger partial charge in [0.05, 0.1) is 31.4 Å². The molecule has 1 unspecified atom stereocenters. The van der Waals surface area contributed by atoms with Gasteiger partial charge in [-0.2, -0.15) is 0 Å². The third kappa shape index (κ3) is 3.19. The Hall–Kier alpha value is -1.17. The van der Waals surface area contributed by atoms with Gasteiger partial charge in [0.15, 0.2) is 0 Å². The second-order valence-electron chi connectivity index (χ2n) is 4.23. The number of ether oxygens (including phenoxy) is 2. The average molecular weight is 257 g/mol. The second kappa shape index (κ2) is 6.68. The van der Waals surface area contributed by atoms with E-state index in [1.807, 2.05) is 0 Å². The number of rotatable bonds is 7. The quantitative estimate of drug-likeness (QED) is 0.722. The van der Waals surface area contributed by atoms with Gasteiger partial charge in [-0.1, -0.05) is 6.07 Å².